The zero-order valence-corrected chi connectivity index (χ0v) is 16.1. The molecule has 2 aromatic carbocycles. The van der Waals surface area contributed by atoms with Gasteiger partial charge in [0.1, 0.15) is 0 Å². The number of tetrazole rings is 1. The van der Waals surface area contributed by atoms with Crippen LogP contribution >= 0.6 is 11.6 Å². The Balaban J connectivity index is 1.90. The molecular weight excluding hydrogens is 400 g/mol. The first kappa shape index (κ1) is 19.5. The molecule has 28 heavy (non-hydrogen) atoms. The van der Waals surface area contributed by atoms with Gasteiger partial charge in [-0.3, -0.25) is 4.72 Å². The molecule has 10 heteroatoms. The molecule has 8 nitrogen and oxygen atoms in total. The molecule has 0 unspecified atom stereocenters. The summed E-state index contributed by atoms with van der Waals surface area (Å²) in [6.45, 7) is 0.358. The average molecular weight is 415 g/mol. The predicted octanol–water partition coefficient (Wildman–Crippen LogP) is 3.21. The van der Waals surface area contributed by atoms with Gasteiger partial charge in [-0.05, 0) is 52.4 Å². The lowest BCUT2D eigenvalue weighted by atomic mass is 10.1. The molecule has 0 spiro atoms. The van der Waals surface area contributed by atoms with Crippen LogP contribution in [-0.2, 0) is 16.6 Å². The van der Waals surface area contributed by atoms with Gasteiger partial charge in [0, 0.05) is 5.02 Å². The lowest BCUT2D eigenvalue weighted by Gasteiger charge is -2.11. The van der Waals surface area contributed by atoms with Crippen LogP contribution in [0.2, 0.25) is 5.02 Å². The molecule has 0 saturated heterocycles. The summed E-state index contributed by atoms with van der Waals surface area (Å²) in [5.74, 6) is 0.446. The van der Waals surface area contributed by atoms with Gasteiger partial charge in [0.05, 0.1) is 29.6 Å². The summed E-state index contributed by atoms with van der Waals surface area (Å²) < 4.78 is 29.3. The minimum atomic E-state index is -3.77. The van der Waals surface area contributed by atoms with Crippen LogP contribution in [0.5, 0.6) is 0 Å². The quantitative estimate of drug-likeness (QED) is 0.634. The van der Waals surface area contributed by atoms with E-state index in [1.165, 1.54) is 22.9 Å². The SMILES string of the molecule is N#CCCn1nnnc1/C=C/c1ccc(Cl)cc1NS(=O)(=O)c1ccccc1. The maximum atomic E-state index is 12.6. The van der Waals surface area contributed by atoms with Gasteiger partial charge in [-0.1, -0.05) is 35.9 Å². The first-order chi connectivity index (χ1) is 13.5. The molecule has 0 radical (unpaired) electrons. The van der Waals surface area contributed by atoms with E-state index in [-0.39, 0.29) is 11.3 Å². The van der Waals surface area contributed by atoms with E-state index in [1.807, 2.05) is 6.07 Å². The average Bonchev–Trinajstić information content (AvgIpc) is 3.13. The van der Waals surface area contributed by atoms with Crippen LogP contribution in [0, 0.1) is 11.3 Å². The van der Waals surface area contributed by atoms with Crippen molar-refractivity contribution < 1.29 is 8.42 Å². The Labute approximate surface area is 167 Å². The summed E-state index contributed by atoms with van der Waals surface area (Å²) in [7, 11) is -3.77. The molecule has 0 aliphatic rings. The largest absolute Gasteiger partial charge is 0.279 e. The van der Waals surface area contributed by atoms with Crippen LogP contribution < -0.4 is 4.72 Å². The van der Waals surface area contributed by atoms with Gasteiger partial charge >= 0.3 is 0 Å². The van der Waals surface area contributed by atoms with Crippen molar-refractivity contribution in [1.82, 2.24) is 20.2 Å². The highest BCUT2D eigenvalue weighted by Crippen LogP contribution is 2.25. The van der Waals surface area contributed by atoms with Gasteiger partial charge < -0.3 is 0 Å². The summed E-state index contributed by atoms with van der Waals surface area (Å²) >= 11 is 6.05. The van der Waals surface area contributed by atoms with Crippen molar-refractivity contribution >= 4 is 39.5 Å². The van der Waals surface area contributed by atoms with Crippen LogP contribution in [-0.4, -0.2) is 28.6 Å². The van der Waals surface area contributed by atoms with E-state index >= 15 is 0 Å². The first-order valence-corrected chi connectivity index (χ1v) is 10.0. The number of sulfonamides is 1. The second-order valence-corrected chi connectivity index (χ2v) is 7.77. The zero-order chi connectivity index (χ0) is 20.0. The Hall–Kier alpha value is -3.22. The zero-order valence-electron chi connectivity index (χ0n) is 14.5. The predicted molar refractivity (Wildman–Crippen MR) is 106 cm³/mol. The van der Waals surface area contributed by atoms with Crippen molar-refractivity contribution in [3.8, 4) is 6.07 Å². The number of aryl methyl sites for hydroxylation is 1. The molecule has 142 valence electrons. The highest BCUT2D eigenvalue weighted by Gasteiger charge is 2.15. The molecule has 0 aliphatic carbocycles. The summed E-state index contributed by atoms with van der Waals surface area (Å²) in [4.78, 5) is 0.144. The summed E-state index contributed by atoms with van der Waals surface area (Å²) in [5.41, 5.74) is 0.905. The van der Waals surface area contributed by atoms with E-state index in [0.717, 1.165) is 0 Å². The molecule has 0 atom stereocenters. The molecular formula is C18H15ClN6O2S. The number of hydrogen-bond acceptors (Lipinski definition) is 6. The molecule has 1 N–H and O–H groups in total. The number of nitrogens with one attached hydrogen (secondary N) is 1. The number of hydrogen-bond donors (Lipinski definition) is 1. The number of halogens is 1. The summed E-state index contributed by atoms with van der Waals surface area (Å²) in [6, 6.07) is 14.9. The van der Waals surface area contributed by atoms with E-state index in [4.69, 9.17) is 16.9 Å². The van der Waals surface area contributed by atoms with Crippen molar-refractivity contribution in [2.45, 2.75) is 17.9 Å². The third kappa shape index (κ3) is 4.73. The lowest BCUT2D eigenvalue weighted by Crippen LogP contribution is -2.13. The number of nitriles is 1. The monoisotopic (exact) mass is 414 g/mol. The second kappa shape index (κ2) is 8.65. The second-order valence-electron chi connectivity index (χ2n) is 5.65. The molecule has 3 rings (SSSR count). The highest BCUT2D eigenvalue weighted by molar-refractivity contribution is 7.92. The maximum Gasteiger partial charge on any atom is 0.261 e. The minimum absolute atomic E-state index is 0.144. The van der Waals surface area contributed by atoms with Gasteiger partial charge in [-0.2, -0.15) is 5.26 Å². The van der Waals surface area contributed by atoms with E-state index in [2.05, 4.69) is 20.2 Å². The van der Waals surface area contributed by atoms with E-state index in [0.29, 0.717) is 28.6 Å². The fourth-order valence-corrected chi connectivity index (χ4v) is 3.65. The molecule has 1 aromatic heterocycles. The molecule has 0 fully saturated rings. The van der Waals surface area contributed by atoms with Crippen molar-refractivity contribution in [2.24, 2.45) is 0 Å². The molecule has 0 amide bonds. The van der Waals surface area contributed by atoms with Gasteiger partial charge in [-0.15, -0.1) is 5.10 Å². The first-order valence-electron chi connectivity index (χ1n) is 8.18. The Morgan fingerprint density at radius 2 is 1.96 bits per heavy atom. The van der Waals surface area contributed by atoms with Crippen LogP contribution in [0.4, 0.5) is 5.69 Å². The highest BCUT2D eigenvalue weighted by atomic mass is 35.5. The smallest absolute Gasteiger partial charge is 0.261 e. The Morgan fingerprint density at radius 3 is 2.71 bits per heavy atom. The van der Waals surface area contributed by atoms with Crippen LogP contribution in [0.25, 0.3) is 12.2 Å². The molecule has 0 bridgehead atoms. The van der Waals surface area contributed by atoms with Crippen LogP contribution in [0.1, 0.15) is 17.8 Å². The van der Waals surface area contributed by atoms with Gasteiger partial charge in [-0.25, -0.2) is 13.1 Å². The molecule has 1 heterocycles. The fourth-order valence-electron chi connectivity index (χ4n) is 2.38. The Morgan fingerprint density at radius 1 is 1.18 bits per heavy atom. The number of anilines is 1. The normalized spacial score (nSPS) is 11.4. The lowest BCUT2D eigenvalue weighted by molar-refractivity contribution is 0.595. The number of aromatic nitrogens is 4. The number of nitrogens with zero attached hydrogens (tertiary/aromatic N) is 5. The van der Waals surface area contributed by atoms with Crippen LogP contribution in [0.3, 0.4) is 0 Å². The van der Waals surface area contributed by atoms with Crippen molar-refractivity contribution in [3.05, 3.63) is 64.9 Å². The topological polar surface area (TPSA) is 114 Å². The maximum absolute atomic E-state index is 12.6. The third-order valence-electron chi connectivity index (χ3n) is 3.72. The van der Waals surface area contributed by atoms with E-state index in [1.54, 1.807) is 42.5 Å². The standard InChI is InChI=1S/C18H15ClN6O2S/c19-15-9-7-14(8-10-18-21-23-24-25(18)12-4-11-20)17(13-15)22-28(26,27)16-5-2-1-3-6-16/h1-3,5-10,13,22H,4,12H2/b10-8+. The van der Waals surface area contributed by atoms with E-state index in [9.17, 15) is 8.42 Å². The molecule has 3 aromatic rings. The van der Waals surface area contributed by atoms with Gasteiger partial charge in [0.25, 0.3) is 10.0 Å². The van der Waals surface area contributed by atoms with Gasteiger partial charge in [0.2, 0.25) is 0 Å². The van der Waals surface area contributed by atoms with E-state index < -0.39 is 10.0 Å². The van der Waals surface area contributed by atoms with Crippen molar-refractivity contribution in [1.29, 1.82) is 5.26 Å². The molecule has 0 saturated carbocycles. The van der Waals surface area contributed by atoms with Crippen LogP contribution in [0.15, 0.2) is 53.4 Å². The third-order valence-corrected chi connectivity index (χ3v) is 5.34. The fraction of sp³-hybridized carbons (Fsp3) is 0.111. The number of rotatable bonds is 7. The Bertz CT molecular complexity index is 1140. The summed E-state index contributed by atoms with van der Waals surface area (Å²) in [6.07, 6.45) is 3.59. The Kier molecular flexibility index (Phi) is 6.03. The number of benzene rings is 2. The van der Waals surface area contributed by atoms with Crippen molar-refractivity contribution in [2.75, 3.05) is 4.72 Å². The van der Waals surface area contributed by atoms with Gasteiger partial charge in [0.15, 0.2) is 5.82 Å². The molecule has 0 aliphatic heterocycles. The van der Waals surface area contributed by atoms with Crippen molar-refractivity contribution in [3.63, 3.8) is 0 Å². The summed E-state index contributed by atoms with van der Waals surface area (Å²) in [5, 5.41) is 20.4. The minimum Gasteiger partial charge on any atom is -0.279 e.